The van der Waals surface area contributed by atoms with Crippen LogP contribution in [0.2, 0.25) is 0 Å². The van der Waals surface area contributed by atoms with Crippen molar-refractivity contribution in [3.8, 4) is 0 Å². The topological polar surface area (TPSA) is 9.72 Å². The Bertz CT molecular complexity index is 3330. The monoisotopic (exact) mass is 879 g/mol. The molecule has 2 atom stereocenters. The molecule has 5 heteroatoms. The van der Waals surface area contributed by atoms with Gasteiger partial charge in [0.25, 0.3) is 6.71 Å². The summed E-state index contributed by atoms with van der Waals surface area (Å²) in [6.45, 7) is 26.1. The first-order valence-corrected chi connectivity index (χ1v) is 25.2. The summed E-state index contributed by atoms with van der Waals surface area (Å²) >= 11 is 1.92. The molecule has 12 rings (SSSR count). The highest BCUT2D eigenvalue weighted by atomic mass is 32.1. The van der Waals surface area contributed by atoms with E-state index < -0.39 is 0 Å². The molecule has 3 nitrogen and oxygen atoms in total. The number of fused-ring (bicyclic) bond motifs is 10. The molecule has 2 unspecified atom stereocenters. The molecule has 1 fully saturated rings. The lowest BCUT2D eigenvalue weighted by Crippen LogP contribution is -2.61. The van der Waals surface area contributed by atoms with E-state index in [1.807, 2.05) is 11.3 Å². The van der Waals surface area contributed by atoms with E-state index >= 15 is 0 Å². The molecule has 0 saturated heterocycles. The highest BCUT2D eigenvalue weighted by Crippen LogP contribution is 2.62. The zero-order valence-corrected chi connectivity index (χ0v) is 41.6. The lowest BCUT2D eigenvalue weighted by molar-refractivity contribution is 0.194. The zero-order valence-electron chi connectivity index (χ0n) is 40.8. The minimum absolute atomic E-state index is 0.0224. The van der Waals surface area contributed by atoms with Crippen LogP contribution in [0.3, 0.4) is 0 Å². The van der Waals surface area contributed by atoms with E-state index in [4.69, 9.17) is 0 Å². The van der Waals surface area contributed by atoms with Gasteiger partial charge in [0, 0.05) is 60.7 Å². The molecule has 4 aliphatic rings. The Morgan fingerprint density at radius 1 is 0.530 bits per heavy atom. The van der Waals surface area contributed by atoms with Crippen LogP contribution in [-0.2, 0) is 16.2 Å². The summed E-state index contributed by atoms with van der Waals surface area (Å²) in [6.07, 6.45) is 4.91. The van der Waals surface area contributed by atoms with E-state index in [2.05, 4.69) is 218 Å². The van der Waals surface area contributed by atoms with Crippen molar-refractivity contribution in [2.24, 2.45) is 0 Å². The summed E-state index contributed by atoms with van der Waals surface area (Å²) < 4.78 is 2.65. The first kappa shape index (κ1) is 41.6. The largest absolute Gasteiger partial charge is 0.334 e. The van der Waals surface area contributed by atoms with Crippen LogP contribution in [0.5, 0.6) is 0 Å². The summed E-state index contributed by atoms with van der Waals surface area (Å²) in [5.74, 6) is 0. The molecule has 0 amide bonds. The van der Waals surface area contributed by atoms with Crippen LogP contribution in [-0.4, -0.2) is 12.3 Å². The molecule has 3 aliphatic heterocycles. The van der Waals surface area contributed by atoms with Gasteiger partial charge in [-0.2, -0.15) is 0 Å². The SMILES string of the molecule is Cc1cc2c3c(c1)N(c1cccc4c1sc1ccccc14)c1ccc(C(C)(C)C)cc1B3c1ccc(N3c4cc(C)cc(C)c4C4(C)CCCCC34C)cc1N2c1ccc(C(C)(C)C)cc1. The Morgan fingerprint density at radius 2 is 1.18 bits per heavy atom. The molecular formula is C61H62BN3S. The highest BCUT2D eigenvalue weighted by Gasteiger charge is 2.58. The fraction of sp³-hybridized carbons (Fsp3) is 0.311. The number of hydrogen-bond donors (Lipinski definition) is 0. The second-order valence-electron chi connectivity index (χ2n) is 22.8. The minimum Gasteiger partial charge on any atom is -0.334 e. The quantitative estimate of drug-likeness (QED) is 0.164. The molecule has 330 valence electrons. The lowest BCUT2D eigenvalue weighted by atomic mass is 9.33. The van der Waals surface area contributed by atoms with Crippen molar-refractivity contribution in [2.75, 3.05) is 14.7 Å². The maximum absolute atomic E-state index is 2.79. The molecule has 7 aromatic carbocycles. The smallest absolute Gasteiger partial charge is 0.252 e. The zero-order chi connectivity index (χ0) is 45.8. The van der Waals surface area contributed by atoms with Crippen LogP contribution in [0.4, 0.5) is 45.5 Å². The van der Waals surface area contributed by atoms with Crippen molar-refractivity contribution in [3.05, 3.63) is 161 Å². The van der Waals surface area contributed by atoms with E-state index in [1.54, 1.807) is 5.56 Å². The molecule has 66 heavy (non-hydrogen) atoms. The Balaban J connectivity index is 1.16. The third-order valence-electron chi connectivity index (χ3n) is 16.5. The Hall–Kier alpha value is -5.78. The fourth-order valence-corrected chi connectivity index (χ4v) is 14.3. The molecule has 0 radical (unpaired) electrons. The standard InChI is InChI=1S/C61H62BN3S/c1-37-31-39(3)55-51(32-37)65(61(11)30-15-14-29-60(55,61)10)43-26-27-46-50(36-43)63(42-24-21-40(22-25-42)58(4,5)6)52-33-38(2)34-53-56(52)62(46)47-35-41(59(7,8)9)23-28-48(47)64(53)49-19-16-18-45-44-17-12-13-20-54(44)66-57(45)49/h12-13,16-28,31-36H,14-15,29-30H2,1-11H3. The average Bonchev–Trinajstić information content (AvgIpc) is 3.75. The van der Waals surface area contributed by atoms with Gasteiger partial charge in [-0.05, 0) is 162 Å². The summed E-state index contributed by atoms with van der Waals surface area (Å²) in [5.41, 5.74) is 22.6. The van der Waals surface area contributed by atoms with Crippen LogP contribution in [0.25, 0.3) is 20.2 Å². The van der Waals surface area contributed by atoms with Gasteiger partial charge in [0.2, 0.25) is 0 Å². The van der Waals surface area contributed by atoms with E-state index in [1.165, 1.54) is 136 Å². The molecule has 0 spiro atoms. The number of aryl methyl sites for hydroxylation is 3. The fourth-order valence-electron chi connectivity index (χ4n) is 13.1. The van der Waals surface area contributed by atoms with Gasteiger partial charge in [-0.1, -0.05) is 128 Å². The predicted molar refractivity (Wildman–Crippen MR) is 288 cm³/mol. The Morgan fingerprint density at radius 3 is 1.94 bits per heavy atom. The van der Waals surface area contributed by atoms with Crippen molar-refractivity contribution in [2.45, 2.75) is 124 Å². The van der Waals surface area contributed by atoms with Crippen LogP contribution in [0, 0.1) is 20.8 Å². The van der Waals surface area contributed by atoms with Crippen LogP contribution in [0.1, 0.15) is 114 Å². The third kappa shape index (κ3) is 5.81. The lowest BCUT2D eigenvalue weighted by Gasteiger charge is -2.51. The van der Waals surface area contributed by atoms with Crippen LogP contribution < -0.4 is 31.1 Å². The number of anilines is 8. The van der Waals surface area contributed by atoms with Crippen molar-refractivity contribution >= 4 is 100 Å². The van der Waals surface area contributed by atoms with Gasteiger partial charge in [0.15, 0.2) is 0 Å². The second kappa shape index (κ2) is 14.1. The molecule has 1 saturated carbocycles. The van der Waals surface area contributed by atoms with Gasteiger partial charge < -0.3 is 14.7 Å². The van der Waals surface area contributed by atoms with Crippen molar-refractivity contribution in [3.63, 3.8) is 0 Å². The highest BCUT2D eigenvalue weighted by molar-refractivity contribution is 7.26. The minimum atomic E-state index is -0.0525. The van der Waals surface area contributed by atoms with E-state index in [0.29, 0.717) is 0 Å². The summed E-state index contributed by atoms with van der Waals surface area (Å²) in [4.78, 5) is 8.05. The average molecular weight is 880 g/mol. The molecule has 1 aliphatic carbocycles. The van der Waals surface area contributed by atoms with Crippen LogP contribution in [0.15, 0.2) is 127 Å². The summed E-state index contributed by atoms with van der Waals surface area (Å²) in [7, 11) is 0. The maximum atomic E-state index is 2.79. The molecule has 4 heterocycles. The summed E-state index contributed by atoms with van der Waals surface area (Å²) in [5, 5.41) is 2.64. The molecular weight excluding hydrogens is 818 g/mol. The molecule has 0 bridgehead atoms. The van der Waals surface area contributed by atoms with Gasteiger partial charge in [0.05, 0.1) is 15.9 Å². The summed E-state index contributed by atoms with van der Waals surface area (Å²) in [6, 6.07) is 50.2. The number of thiophene rings is 1. The van der Waals surface area contributed by atoms with E-state index in [-0.39, 0.29) is 28.5 Å². The number of benzene rings is 7. The number of nitrogens with zero attached hydrogens (tertiary/aromatic N) is 3. The number of rotatable bonds is 3. The van der Waals surface area contributed by atoms with E-state index in [0.717, 1.165) is 0 Å². The first-order valence-electron chi connectivity index (χ1n) is 24.4. The Kier molecular flexibility index (Phi) is 8.91. The van der Waals surface area contributed by atoms with Gasteiger partial charge in [-0.3, -0.25) is 0 Å². The van der Waals surface area contributed by atoms with Gasteiger partial charge in [-0.15, -0.1) is 11.3 Å². The second-order valence-corrected chi connectivity index (χ2v) is 23.8. The normalized spacial score (nSPS) is 19.8. The molecule has 8 aromatic rings. The number of hydrogen-bond acceptors (Lipinski definition) is 4. The molecule has 0 N–H and O–H groups in total. The maximum Gasteiger partial charge on any atom is 0.252 e. The molecule has 1 aromatic heterocycles. The van der Waals surface area contributed by atoms with Crippen molar-refractivity contribution in [1.82, 2.24) is 0 Å². The Labute approximate surface area is 397 Å². The van der Waals surface area contributed by atoms with Gasteiger partial charge in [-0.25, -0.2) is 0 Å². The van der Waals surface area contributed by atoms with Crippen molar-refractivity contribution in [1.29, 1.82) is 0 Å². The van der Waals surface area contributed by atoms with Crippen molar-refractivity contribution < 1.29 is 0 Å². The first-order chi connectivity index (χ1) is 31.5. The predicted octanol–water partition coefficient (Wildman–Crippen LogP) is 15.4. The third-order valence-corrected chi connectivity index (χ3v) is 17.7. The van der Waals surface area contributed by atoms with Gasteiger partial charge >= 0.3 is 0 Å². The van der Waals surface area contributed by atoms with Crippen LogP contribution >= 0.6 is 11.3 Å². The van der Waals surface area contributed by atoms with Gasteiger partial charge in [0.1, 0.15) is 0 Å². The van der Waals surface area contributed by atoms with E-state index in [9.17, 15) is 0 Å².